The van der Waals surface area contributed by atoms with E-state index in [1.807, 2.05) is 13.0 Å². The molecule has 2 aliphatic rings. The van der Waals surface area contributed by atoms with Crippen molar-refractivity contribution in [3.8, 4) is 11.6 Å². The van der Waals surface area contributed by atoms with Crippen LogP contribution >= 0.6 is 0 Å². The zero-order valence-electron chi connectivity index (χ0n) is 22.8. The van der Waals surface area contributed by atoms with E-state index in [0.29, 0.717) is 17.3 Å². The third kappa shape index (κ3) is 5.80. The first-order chi connectivity index (χ1) is 19.2. The van der Waals surface area contributed by atoms with Gasteiger partial charge in [0, 0.05) is 37.9 Å². The quantitative estimate of drug-likeness (QED) is 0.380. The minimum absolute atomic E-state index is 0.0746. The van der Waals surface area contributed by atoms with Crippen molar-refractivity contribution in [2.75, 3.05) is 33.4 Å². The van der Waals surface area contributed by atoms with E-state index in [0.717, 1.165) is 74.6 Å². The molecule has 212 valence electrons. The van der Waals surface area contributed by atoms with Crippen LogP contribution in [-0.2, 0) is 17.3 Å². The van der Waals surface area contributed by atoms with E-state index in [1.165, 1.54) is 23.6 Å². The average molecular weight is 556 g/mol. The number of hydrogen-bond donors (Lipinski definition) is 0. The number of halogens is 3. The van der Waals surface area contributed by atoms with Gasteiger partial charge in [0.05, 0.1) is 49.0 Å². The van der Waals surface area contributed by atoms with Crippen LogP contribution in [-0.4, -0.2) is 69.9 Å². The number of ketones is 1. The van der Waals surface area contributed by atoms with Gasteiger partial charge in [-0.05, 0) is 55.9 Å². The maximum absolute atomic E-state index is 13.2. The number of pyridine rings is 2. The molecule has 11 heteroatoms. The number of hydrogen-bond acceptors (Lipinski definition) is 7. The fraction of sp³-hybridized carbons (Fsp3) is 0.448. The van der Waals surface area contributed by atoms with Crippen LogP contribution in [0.3, 0.4) is 0 Å². The monoisotopic (exact) mass is 555 g/mol. The summed E-state index contributed by atoms with van der Waals surface area (Å²) in [5, 5.41) is 4.22. The van der Waals surface area contributed by atoms with Gasteiger partial charge in [0.15, 0.2) is 17.4 Å². The molecule has 3 aromatic rings. The molecule has 1 saturated heterocycles. The van der Waals surface area contributed by atoms with Crippen molar-refractivity contribution in [3.05, 3.63) is 70.4 Å². The highest BCUT2D eigenvalue weighted by molar-refractivity contribution is 5.98. The molecule has 0 spiro atoms. The highest BCUT2D eigenvalue weighted by Gasteiger charge is 2.32. The fourth-order valence-corrected chi connectivity index (χ4v) is 5.45. The number of morpholine rings is 1. The maximum Gasteiger partial charge on any atom is 0.418 e. The molecule has 0 N–H and O–H groups in total. The molecule has 1 fully saturated rings. The van der Waals surface area contributed by atoms with Crippen LogP contribution < -0.4 is 4.74 Å². The second-order valence-corrected chi connectivity index (χ2v) is 10.2. The Morgan fingerprint density at radius 3 is 2.55 bits per heavy atom. The molecule has 8 nitrogen and oxygen atoms in total. The van der Waals surface area contributed by atoms with Crippen molar-refractivity contribution >= 4 is 11.4 Å². The minimum atomic E-state index is -4.56. The summed E-state index contributed by atoms with van der Waals surface area (Å²) in [5.74, 6) is -0.192. The third-order valence-corrected chi connectivity index (χ3v) is 7.64. The summed E-state index contributed by atoms with van der Waals surface area (Å²) in [6.45, 7) is 7.26. The van der Waals surface area contributed by atoms with Crippen molar-refractivity contribution in [2.45, 2.75) is 51.7 Å². The molecule has 3 aromatic heterocycles. The molecule has 0 bridgehead atoms. The van der Waals surface area contributed by atoms with Crippen LogP contribution in [0.2, 0.25) is 0 Å². The van der Waals surface area contributed by atoms with E-state index in [4.69, 9.17) is 14.5 Å². The number of methoxy groups -OCH3 is 1. The van der Waals surface area contributed by atoms with Gasteiger partial charge in [-0.2, -0.15) is 18.3 Å². The Morgan fingerprint density at radius 1 is 1.12 bits per heavy atom. The van der Waals surface area contributed by atoms with Gasteiger partial charge in [0.1, 0.15) is 0 Å². The van der Waals surface area contributed by atoms with Crippen molar-refractivity contribution in [1.82, 2.24) is 24.6 Å². The number of allylic oxidation sites excluding steroid dienone is 1. The lowest BCUT2D eigenvalue weighted by atomic mass is 9.90. The molecule has 0 saturated carbocycles. The van der Waals surface area contributed by atoms with E-state index in [2.05, 4.69) is 21.1 Å². The Kier molecular flexibility index (Phi) is 8.04. The summed E-state index contributed by atoms with van der Waals surface area (Å²) >= 11 is 0. The second kappa shape index (κ2) is 11.5. The van der Waals surface area contributed by atoms with Crippen LogP contribution in [0.5, 0.6) is 5.75 Å². The number of aromatic nitrogens is 4. The van der Waals surface area contributed by atoms with Crippen molar-refractivity contribution in [1.29, 1.82) is 0 Å². The van der Waals surface area contributed by atoms with Crippen LogP contribution in [0.4, 0.5) is 13.2 Å². The Bertz CT molecular complexity index is 1430. The molecule has 5 rings (SSSR count). The molecule has 1 atom stereocenters. The van der Waals surface area contributed by atoms with Gasteiger partial charge in [0.25, 0.3) is 0 Å². The second-order valence-electron chi connectivity index (χ2n) is 10.2. The van der Waals surface area contributed by atoms with Gasteiger partial charge in [-0.1, -0.05) is 12.1 Å². The average Bonchev–Trinajstić information content (AvgIpc) is 3.34. The summed E-state index contributed by atoms with van der Waals surface area (Å²) in [5.41, 5.74) is 3.91. The molecule has 1 aliphatic carbocycles. The standard InChI is InChI=1S/C29H32F3N5O3/c1-18-12-20(15-33-27(18)21-4-6-23(7-5-21)36-8-10-40-11-9-36)13-25(38)24-17-35-37(19(24)2)28-26(39-3)14-22(16-34-28)29(30,31)32/h4,12,14-17,23H,5-11,13H2,1-3H3. The van der Waals surface area contributed by atoms with Crippen molar-refractivity contribution in [2.24, 2.45) is 0 Å². The molecular weight excluding hydrogens is 523 g/mol. The first-order valence-electron chi connectivity index (χ1n) is 13.3. The van der Waals surface area contributed by atoms with Gasteiger partial charge in [-0.25, -0.2) is 9.67 Å². The number of alkyl halides is 3. The lowest BCUT2D eigenvalue weighted by molar-refractivity contribution is -0.137. The minimum Gasteiger partial charge on any atom is -0.493 e. The molecular formula is C29H32F3N5O3. The Labute approximate surface area is 230 Å². The Hall–Kier alpha value is -3.57. The van der Waals surface area contributed by atoms with E-state index in [1.54, 1.807) is 13.1 Å². The molecule has 4 heterocycles. The van der Waals surface area contributed by atoms with Crippen molar-refractivity contribution in [3.63, 3.8) is 0 Å². The zero-order chi connectivity index (χ0) is 28.4. The van der Waals surface area contributed by atoms with E-state index in [-0.39, 0.29) is 23.8 Å². The normalized spacial score (nSPS) is 18.4. The van der Waals surface area contributed by atoms with E-state index in [9.17, 15) is 18.0 Å². The maximum atomic E-state index is 13.2. The van der Waals surface area contributed by atoms with E-state index >= 15 is 0 Å². The summed E-state index contributed by atoms with van der Waals surface area (Å²) in [7, 11) is 1.26. The van der Waals surface area contributed by atoms with Gasteiger partial charge >= 0.3 is 6.18 Å². The molecule has 1 unspecified atom stereocenters. The van der Waals surface area contributed by atoms with Crippen LogP contribution in [0.1, 0.15) is 57.7 Å². The molecule has 1 aliphatic heterocycles. The van der Waals surface area contributed by atoms with Gasteiger partial charge in [-0.3, -0.25) is 14.7 Å². The highest BCUT2D eigenvalue weighted by Crippen LogP contribution is 2.34. The number of rotatable bonds is 7. The Morgan fingerprint density at radius 2 is 1.90 bits per heavy atom. The predicted octanol–water partition coefficient (Wildman–Crippen LogP) is 5.00. The smallest absolute Gasteiger partial charge is 0.418 e. The van der Waals surface area contributed by atoms with Crippen molar-refractivity contribution < 1.29 is 27.4 Å². The molecule has 0 radical (unpaired) electrons. The number of Topliss-reactive ketones (excluding diaryl/α,β-unsaturated/α-hetero) is 1. The number of carbonyl (C=O) groups excluding carboxylic acids is 1. The SMILES string of the molecule is COc1cc(C(F)(F)F)cnc1-n1ncc(C(=O)Cc2cnc(C3=CCC(N4CCOCC4)CC3)c(C)c2)c1C. The summed E-state index contributed by atoms with van der Waals surface area (Å²) < 4.78 is 51.2. The molecule has 40 heavy (non-hydrogen) atoms. The topological polar surface area (TPSA) is 82.4 Å². The predicted molar refractivity (Wildman–Crippen MR) is 143 cm³/mol. The highest BCUT2D eigenvalue weighted by atomic mass is 19.4. The summed E-state index contributed by atoms with van der Waals surface area (Å²) in [6, 6.07) is 3.41. The first-order valence-corrected chi connectivity index (χ1v) is 13.3. The van der Waals surface area contributed by atoms with Gasteiger partial charge in [-0.15, -0.1) is 0 Å². The number of carbonyl (C=O) groups is 1. The lowest BCUT2D eigenvalue weighted by Crippen LogP contribution is -2.43. The number of aryl methyl sites for hydroxylation is 1. The van der Waals surface area contributed by atoms with Crippen LogP contribution in [0, 0.1) is 13.8 Å². The lowest BCUT2D eigenvalue weighted by Gasteiger charge is -2.36. The largest absolute Gasteiger partial charge is 0.493 e. The van der Waals surface area contributed by atoms with Crippen LogP contribution in [0.25, 0.3) is 11.4 Å². The summed E-state index contributed by atoms with van der Waals surface area (Å²) in [6.07, 6.45) is 4.79. The van der Waals surface area contributed by atoms with Crippen LogP contribution in [0.15, 0.2) is 36.8 Å². The number of nitrogens with zero attached hydrogens (tertiary/aromatic N) is 5. The van der Waals surface area contributed by atoms with Gasteiger partial charge < -0.3 is 9.47 Å². The Balaban J connectivity index is 1.29. The molecule has 0 aromatic carbocycles. The van der Waals surface area contributed by atoms with Gasteiger partial charge in [0.2, 0.25) is 0 Å². The first kappa shape index (κ1) is 28.0. The third-order valence-electron chi connectivity index (χ3n) is 7.64. The molecule has 0 amide bonds. The zero-order valence-corrected chi connectivity index (χ0v) is 22.8. The summed E-state index contributed by atoms with van der Waals surface area (Å²) in [4.78, 5) is 24.4. The number of ether oxygens (including phenoxy) is 2. The fourth-order valence-electron chi connectivity index (χ4n) is 5.45. The van der Waals surface area contributed by atoms with E-state index < -0.39 is 11.7 Å².